The van der Waals surface area contributed by atoms with Gasteiger partial charge in [0.2, 0.25) is 0 Å². The second kappa shape index (κ2) is 5.63. The molecule has 0 radical (unpaired) electrons. The van der Waals surface area contributed by atoms with E-state index in [9.17, 15) is 0 Å². The molecule has 0 aliphatic heterocycles. The second-order valence-electron chi connectivity index (χ2n) is 6.34. The Kier molecular flexibility index (Phi) is 4.31. The van der Waals surface area contributed by atoms with Gasteiger partial charge in [-0.25, -0.2) is 4.98 Å². The van der Waals surface area contributed by atoms with Crippen LogP contribution in [0.4, 0.5) is 0 Å². The first kappa shape index (κ1) is 14.5. The lowest BCUT2D eigenvalue weighted by Crippen LogP contribution is -2.51. The Morgan fingerprint density at radius 3 is 2.84 bits per heavy atom. The Morgan fingerprint density at radius 1 is 1.53 bits per heavy atom. The summed E-state index contributed by atoms with van der Waals surface area (Å²) in [5, 5.41) is 3.46. The molecule has 108 valence electrons. The van der Waals surface area contributed by atoms with Crippen LogP contribution in [0.5, 0.6) is 0 Å². The standard InChI is InChI=1S/C15H27N3O/c1-6-19-14-7-13(15(14,4)5)18-10-16-8-12(18)9-17-11(2)3/h8,10-11,13-14,17H,6-7,9H2,1-5H3. The summed E-state index contributed by atoms with van der Waals surface area (Å²) in [6.07, 6.45) is 5.40. The van der Waals surface area contributed by atoms with Crippen LogP contribution in [-0.4, -0.2) is 28.3 Å². The van der Waals surface area contributed by atoms with Gasteiger partial charge in [-0.1, -0.05) is 27.7 Å². The predicted molar refractivity (Wildman–Crippen MR) is 77.1 cm³/mol. The van der Waals surface area contributed by atoms with Gasteiger partial charge in [0.25, 0.3) is 0 Å². The number of hydrogen-bond donors (Lipinski definition) is 1. The van der Waals surface area contributed by atoms with Gasteiger partial charge in [-0.05, 0) is 13.3 Å². The molecular weight excluding hydrogens is 238 g/mol. The summed E-state index contributed by atoms with van der Waals surface area (Å²) in [5.41, 5.74) is 1.45. The summed E-state index contributed by atoms with van der Waals surface area (Å²) in [7, 11) is 0. The van der Waals surface area contributed by atoms with Crippen molar-refractivity contribution in [2.75, 3.05) is 6.61 Å². The van der Waals surface area contributed by atoms with Gasteiger partial charge in [-0.15, -0.1) is 0 Å². The molecule has 1 heterocycles. The minimum absolute atomic E-state index is 0.184. The zero-order valence-electron chi connectivity index (χ0n) is 12.8. The molecule has 2 unspecified atom stereocenters. The summed E-state index contributed by atoms with van der Waals surface area (Å²) >= 11 is 0. The maximum absolute atomic E-state index is 5.81. The Labute approximate surface area is 116 Å². The fraction of sp³-hybridized carbons (Fsp3) is 0.800. The van der Waals surface area contributed by atoms with Crippen molar-refractivity contribution in [3.8, 4) is 0 Å². The second-order valence-corrected chi connectivity index (χ2v) is 6.34. The lowest BCUT2D eigenvalue weighted by molar-refractivity contribution is -0.128. The molecule has 0 bridgehead atoms. The highest BCUT2D eigenvalue weighted by atomic mass is 16.5. The van der Waals surface area contributed by atoms with E-state index in [-0.39, 0.29) is 5.41 Å². The lowest BCUT2D eigenvalue weighted by atomic mass is 9.64. The van der Waals surface area contributed by atoms with Crippen LogP contribution in [0.2, 0.25) is 0 Å². The van der Waals surface area contributed by atoms with Crippen LogP contribution in [0, 0.1) is 5.41 Å². The fourth-order valence-electron chi connectivity index (χ4n) is 2.88. The van der Waals surface area contributed by atoms with E-state index in [0.717, 1.165) is 19.6 Å². The van der Waals surface area contributed by atoms with Crippen LogP contribution in [0.3, 0.4) is 0 Å². The minimum Gasteiger partial charge on any atom is -0.378 e. The molecule has 4 heteroatoms. The largest absolute Gasteiger partial charge is 0.378 e. The Balaban J connectivity index is 2.05. The van der Waals surface area contributed by atoms with Crippen LogP contribution in [0.15, 0.2) is 12.5 Å². The number of nitrogens with one attached hydrogen (secondary N) is 1. The van der Waals surface area contributed by atoms with Crippen LogP contribution < -0.4 is 5.32 Å². The van der Waals surface area contributed by atoms with Crippen LogP contribution >= 0.6 is 0 Å². The van der Waals surface area contributed by atoms with Crippen molar-refractivity contribution in [1.29, 1.82) is 0 Å². The molecule has 1 aliphatic rings. The van der Waals surface area contributed by atoms with E-state index in [1.54, 1.807) is 0 Å². The first-order chi connectivity index (χ1) is 8.96. The molecule has 0 aromatic carbocycles. The third-order valence-electron chi connectivity index (χ3n) is 4.27. The predicted octanol–water partition coefficient (Wildman–Crippen LogP) is 2.76. The van der Waals surface area contributed by atoms with E-state index in [0.29, 0.717) is 18.2 Å². The maximum Gasteiger partial charge on any atom is 0.0951 e. The monoisotopic (exact) mass is 265 g/mol. The molecule has 1 saturated carbocycles. The number of hydrogen-bond acceptors (Lipinski definition) is 3. The van der Waals surface area contributed by atoms with Gasteiger partial charge in [0.05, 0.1) is 18.1 Å². The van der Waals surface area contributed by atoms with Crippen molar-refractivity contribution in [3.63, 3.8) is 0 Å². The first-order valence-corrected chi connectivity index (χ1v) is 7.32. The Bertz CT molecular complexity index is 411. The molecule has 0 saturated heterocycles. The molecule has 2 atom stereocenters. The summed E-state index contributed by atoms with van der Waals surface area (Å²) in [4.78, 5) is 4.32. The number of imidazole rings is 1. The van der Waals surface area contributed by atoms with Gasteiger partial charge >= 0.3 is 0 Å². The number of aromatic nitrogens is 2. The number of nitrogens with zero attached hydrogens (tertiary/aromatic N) is 2. The van der Waals surface area contributed by atoms with Gasteiger partial charge in [-0.2, -0.15) is 0 Å². The molecule has 1 aromatic heterocycles. The molecule has 1 fully saturated rings. The highest BCUT2D eigenvalue weighted by Crippen LogP contribution is 2.51. The average Bonchev–Trinajstić information content (AvgIpc) is 2.79. The SMILES string of the molecule is CCOC1CC(n2cncc2CNC(C)C)C1(C)C. The third kappa shape index (κ3) is 2.84. The van der Waals surface area contributed by atoms with Crippen molar-refractivity contribution < 1.29 is 4.74 Å². The van der Waals surface area contributed by atoms with Crippen molar-refractivity contribution in [1.82, 2.24) is 14.9 Å². The molecule has 1 N–H and O–H groups in total. The Morgan fingerprint density at radius 2 is 2.26 bits per heavy atom. The number of ether oxygens (including phenoxy) is 1. The van der Waals surface area contributed by atoms with E-state index in [1.165, 1.54) is 5.69 Å². The van der Waals surface area contributed by atoms with Crippen molar-refractivity contribution >= 4 is 0 Å². The molecule has 1 aromatic rings. The smallest absolute Gasteiger partial charge is 0.0951 e. The molecule has 19 heavy (non-hydrogen) atoms. The van der Waals surface area contributed by atoms with Crippen LogP contribution in [0.25, 0.3) is 0 Å². The van der Waals surface area contributed by atoms with Crippen molar-refractivity contribution in [3.05, 3.63) is 18.2 Å². The summed E-state index contributed by atoms with van der Waals surface area (Å²) in [5.74, 6) is 0. The lowest BCUT2D eigenvalue weighted by Gasteiger charge is -2.52. The van der Waals surface area contributed by atoms with E-state index in [1.807, 2.05) is 12.5 Å². The first-order valence-electron chi connectivity index (χ1n) is 7.32. The molecule has 2 rings (SSSR count). The van der Waals surface area contributed by atoms with Gasteiger partial charge in [0.15, 0.2) is 0 Å². The van der Waals surface area contributed by atoms with Crippen LogP contribution in [0.1, 0.15) is 52.8 Å². The molecule has 0 amide bonds. The van der Waals surface area contributed by atoms with E-state index < -0.39 is 0 Å². The van der Waals surface area contributed by atoms with Crippen molar-refractivity contribution in [2.45, 2.75) is 65.8 Å². The third-order valence-corrected chi connectivity index (χ3v) is 4.27. The summed E-state index contributed by atoms with van der Waals surface area (Å²) in [6.45, 7) is 12.7. The minimum atomic E-state index is 0.184. The van der Waals surface area contributed by atoms with Gasteiger partial charge in [0.1, 0.15) is 0 Å². The normalized spacial score (nSPS) is 25.6. The topological polar surface area (TPSA) is 39.1 Å². The molecular formula is C15H27N3O. The van der Waals surface area contributed by atoms with E-state index in [4.69, 9.17) is 4.74 Å². The molecule has 1 aliphatic carbocycles. The van der Waals surface area contributed by atoms with Gasteiger partial charge in [0, 0.05) is 36.8 Å². The molecule has 0 spiro atoms. The quantitative estimate of drug-likeness (QED) is 0.859. The van der Waals surface area contributed by atoms with Crippen molar-refractivity contribution in [2.24, 2.45) is 5.41 Å². The zero-order valence-corrected chi connectivity index (χ0v) is 12.8. The summed E-state index contributed by atoms with van der Waals surface area (Å²) in [6, 6.07) is 0.990. The molecule has 4 nitrogen and oxygen atoms in total. The van der Waals surface area contributed by atoms with Crippen LogP contribution in [-0.2, 0) is 11.3 Å². The van der Waals surface area contributed by atoms with Gasteiger partial charge in [-0.3, -0.25) is 0 Å². The highest BCUT2D eigenvalue weighted by molar-refractivity contribution is 5.09. The highest BCUT2D eigenvalue weighted by Gasteiger charge is 2.50. The average molecular weight is 265 g/mol. The summed E-state index contributed by atoms with van der Waals surface area (Å²) < 4.78 is 8.13. The maximum atomic E-state index is 5.81. The van der Waals surface area contributed by atoms with E-state index >= 15 is 0 Å². The fourth-order valence-corrected chi connectivity index (χ4v) is 2.88. The van der Waals surface area contributed by atoms with Gasteiger partial charge < -0.3 is 14.6 Å². The number of rotatable bonds is 6. The Hall–Kier alpha value is -0.870. The zero-order chi connectivity index (χ0) is 14.0. The van der Waals surface area contributed by atoms with E-state index in [2.05, 4.69) is 49.5 Å².